The minimum Gasteiger partial charge on any atom is -0.346 e. The molecule has 154 valence electrons. The lowest BCUT2D eigenvalue weighted by Gasteiger charge is -2.38. The Labute approximate surface area is 169 Å². The summed E-state index contributed by atoms with van der Waals surface area (Å²) >= 11 is 0. The topological polar surface area (TPSA) is 77.6 Å². The number of likely N-dealkylation sites (N-methyl/N-ethyl adjacent to an activating group) is 1. The number of amides is 2. The Morgan fingerprint density at radius 1 is 1.00 bits per heavy atom. The molecule has 7 nitrogen and oxygen atoms in total. The summed E-state index contributed by atoms with van der Waals surface area (Å²) in [6.45, 7) is 4.03. The lowest BCUT2D eigenvalue weighted by atomic mass is 10.0. The second kappa shape index (κ2) is 10.1. The van der Waals surface area contributed by atoms with E-state index in [2.05, 4.69) is 32.5 Å². The smallest absolute Gasteiger partial charge is 0.309 e. The van der Waals surface area contributed by atoms with E-state index in [1.807, 2.05) is 0 Å². The molecule has 1 aromatic heterocycles. The van der Waals surface area contributed by atoms with Crippen LogP contribution in [0, 0.1) is 5.82 Å². The van der Waals surface area contributed by atoms with Gasteiger partial charge in [-0.25, -0.2) is 4.39 Å². The average molecular weight is 399 g/mol. The molecular formula is C21H26FN5O2. The van der Waals surface area contributed by atoms with Gasteiger partial charge in [0, 0.05) is 51.7 Å². The van der Waals surface area contributed by atoms with Crippen LogP contribution in [-0.2, 0) is 16.1 Å². The first kappa shape index (κ1) is 20.9. The fourth-order valence-corrected chi connectivity index (χ4v) is 3.31. The second-order valence-corrected chi connectivity index (χ2v) is 7.15. The largest absolute Gasteiger partial charge is 0.346 e. The van der Waals surface area contributed by atoms with Gasteiger partial charge in [0.1, 0.15) is 5.82 Å². The number of carbonyl (C=O) groups excluding carboxylic acids is 2. The number of nitrogens with zero attached hydrogens (tertiary/aromatic N) is 3. The van der Waals surface area contributed by atoms with Crippen molar-refractivity contribution in [2.45, 2.75) is 12.6 Å². The Kier molecular flexibility index (Phi) is 7.26. The van der Waals surface area contributed by atoms with Crippen molar-refractivity contribution in [1.82, 2.24) is 25.4 Å². The molecule has 2 aromatic rings. The molecule has 1 unspecified atom stereocenters. The van der Waals surface area contributed by atoms with Gasteiger partial charge in [0.2, 0.25) is 0 Å². The van der Waals surface area contributed by atoms with Crippen LogP contribution in [0.2, 0.25) is 0 Å². The predicted octanol–water partition coefficient (Wildman–Crippen LogP) is 0.942. The van der Waals surface area contributed by atoms with Gasteiger partial charge in [-0.3, -0.25) is 19.5 Å². The van der Waals surface area contributed by atoms with E-state index in [-0.39, 0.29) is 24.9 Å². The molecule has 0 spiro atoms. The molecular weight excluding hydrogens is 373 g/mol. The Bertz CT molecular complexity index is 808. The van der Waals surface area contributed by atoms with Gasteiger partial charge in [-0.15, -0.1) is 0 Å². The molecule has 2 heterocycles. The Hall–Kier alpha value is -2.84. The average Bonchev–Trinajstić information content (AvgIpc) is 2.75. The highest BCUT2D eigenvalue weighted by molar-refractivity contribution is 6.35. The van der Waals surface area contributed by atoms with E-state index in [4.69, 9.17) is 0 Å². The van der Waals surface area contributed by atoms with Crippen LogP contribution < -0.4 is 10.6 Å². The van der Waals surface area contributed by atoms with Crippen LogP contribution >= 0.6 is 0 Å². The first-order valence-corrected chi connectivity index (χ1v) is 9.66. The second-order valence-electron chi connectivity index (χ2n) is 7.15. The first-order chi connectivity index (χ1) is 14.0. The highest BCUT2D eigenvalue weighted by Crippen LogP contribution is 2.22. The fourth-order valence-electron chi connectivity index (χ4n) is 3.31. The maximum atomic E-state index is 13.3. The van der Waals surface area contributed by atoms with Crippen molar-refractivity contribution < 1.29 is 14.0 Å². The minimum atomic E-state index is -0.682. The molecule has 1 saturated heterocycles. The Morgan fingerprint density at radius 3 is 2.28 bits per heavy atom. The number of hydrogen-bond acceptors (Lipinski definition) is 5. The van der Waals surface area contributed by atoms with Gasteiger partial charge in [0.15, 0.2) is 0 Å². The molecule has 1 aromatic carbocycles. The lowest BCUT2D eigenvalue weighted by Crippen LogP contribution is -2.49. The zero-order chi connectivity index (χ0) is 20.6. The van der Waals surface area contributed by atoms with Crippen LogP contribution in [0.3, 0.4) is 0 Å². The van der Waals surface area contributed by atoms with E-state index in [9.17, 15) is 14.0 Å². The summed E-state index contributed by atoms with van der Waals surface area (Å²) in [5.41, 5.74) is 1.77. The zero-order valence-electron chi connectivity index (χ0n) is 16.5. The molecule has 0 aliphatic carbocycles. The molecule has 2 amide bonds. The normalized spacial score (nSPS) is 16.2. The van der Waals surface area contributed by atoms with Gasteiger partial charge >= 0.3 is 11.8 Å². The highest BCUT2D eigenvalue weighted by atomic mass is 19.1. The van der Waals surface area contributed by atoms with Gasteiger partial charge in [-0.1, -0.05) is 12.1 Å². The van der Waals surface area contributed by atoms with Gasteiger partial charge in [0.05, 0.1) is 6.04 Å². The molecule has 2 N–H and O–H groups in total. The molecule has 1 aliphatic heterocycles. The number of nitrogens with one attached hydrogen (secondary N) is 2. The zero-order valence-corrected chi connectivity index (χ0v) is 16.5. The van der Waals surface area contributed by atoms with Crippen LogP contribution in [0.25, 0.3) is 0 Å². The van der Waals surface area contributed by atoms with Crippen molar-refractivity contribution in [3.05, 3.63) is 65.7 Å². The van der Waals surface area contributed by atoms with Crippen molar-refractivity contribution in [3.8, 4) is 0 Å². The SMILES string of the molecule is CN1CCN(C(CNC(=O)C(=O)NCc2ccncc2)c2ccc(F)cc2)CC1. The summed E-state index contributed by atoms with van der Waals surface area (Å²) in [7, 11) is 2.07. The van der Waals surface area contributed by atoms with E-state index < -0.39 is 11.8 Å². The predicted molar refractivity (Wildman–Crippen MR) is 107 cm³/mol. The van der Waals surface area contributed by atoms with Gasteiger partial charge in [-0.2, -0.15) is 0 Å². The van der Waals surface area contributed by atoms with Crippen LogP contribution in [0.5, 0.6) is 0 Å². The number of piperazine rings is 1. The number of hydrogen-bond donors (Lipinski definition) is 2. The quantitative estimate of drug-likeness (QED) is 0.707. The van der Waals surface area contributed by atoms with E-state index in [1.54, 1.807) is 36.7 Å². The highest BCUT2D eigenvalue weighted by Gasteiger charge is 2.25. The standard InChI is InChI=1S/C21H26FN5O2/c1-26-10-12-27(13-11-26)19(17-2-4-18(22)5-3-17)15-25-21(29)20(28)24-14-16-6-8-23-9-7-16/h2-9,19H,10-15H2,1H3,(H,24,28)(H,25,29). The van der Waals surface area contributed by atoms with E-state index in [1.165, 1.54) is 12.1 Å². The number of benzene rings is 1. The molecule has 0 saturated carbocycles. The lowest BCUT2D eigenvalue weighted by molar-refractivity contribution is -0.139. The third-order valence-corrected chi connectivity index (χ3v) is 5.10. The third-order valence-electron chi connectivity index (χ3n) is 5.10. The maximum absolute atomic E-state index is 13.3. The molecule has 0 bridgehead atoms. The molecule has 29 heavy (non-hydrogen) atoms. The van der Waals surface area contributed by atoms with E-state index >= 15 is 0 Å². The van der Waals surface area contributed by atoms with Gasteiger partial charge < -0.3 is 15.5 Å². The molecule has 0 radical (unpaired) electrons. The summed E-state index contributed by atoms with van der Waals surface area (Å²) in [5.74, 6) is -1.66. The van der Waals surface area contributed by atoms with E-state index in [0.717, 1.165) is 37.3 Å². The van der Waals surface area contributed by atoms with Gasteiger partial charge in [0.25, 0.3) is 0 Å². The number of aromatic nitrogens is 1. The van der Waals surface area contributed by atoms with Crippen molar-refractivity contribution in [3.63, 3.8) is 0 Å². The van der Waals surface area contributed by atoms with Crippen molar-refractivity contribution in [1.29, 1.82) is 0 Å². The Balaban J connectivity index is 1.59. The Morgan fingerprint density at radius 2 is 1.62 bits per heavy atom. The molecule has 1 fully saturated rings. The number of pyridine rings is 1. The summed E-state index contributed by atoms with van der Waals surface area (Å²) in [4.78, 5) is 32.8. The maximum Gasteiger partial charge on any atom is 0.309 e. The summed E-state index contributed by atoms with van der Waals surface area (Å²) in [6.07, 6.45) is 3.26. The molecule has 3 rings (SSSR count). The monoisotopic (exact) mass is 399 g/mol. The summed E-state index contributed by atoms with van der Waals surface area (Å²) in [6, 6.07) is 9.72. The molecule has 1 aliphatic rings. The summed E-state index contributed by atoms with van der Waals surface area (Å²) in [5, 5.41) is 5.33. The van der Waals surface area contributed by atoms with Crippen molar-refractivity contribution in [2.75, 3.05) is 39.8 Å². The van der Waals surface area contributed by atoms with Crippen LogP contribution in [-0.4, -0.2) is 66.4 Å². The fraction of sp³-hybridized carbons (Fsp3) is 0.381. The first-order valence-electron chi connectivity index (χ1n) is 9.66. The molecule has 8 heteroatoms. The minimum absolute atomic E-state index is 0.124. The van der Waals surface area contributed by atoms with Crippen molar-refractivity contribution >= 4 is 11.8 Å². The number of carbonyl (C=O) groups is 2. The van der Waals surface area contributed by atoms with Gasteiger partial charge in [-0.05, 0) is 42.4 Å². The molecule has 1 atom stereocenters. The van der Waals surface area contributed by atoms with Crippen molar-refractivity contribution in [2.24, 2.45) is 0 Å². The number of rotatable bonds is 6. The van der Waals surface area contributed by atoms with Crippen LogP contribution in [0.4, 0.5) is 4.39 Å². The summed E-state index contributed by atoms with van der Waals surface area (Å²) < 4.78 is 13.3. The van der Waals surface area contributed by atoms with Crippen LogP contribution in [0.15, 0.2) is 48.8 Å². The van der Waals surface area contributed by atoms with Crippen LogP contribution in [0.1, 0.15) is 17.2 Å². The third kappa shape index (κ3) is 6.07. The number of halogens is 1. The van der Waals surface area contributed by atoms with E-state index in [0.29, 0.717) is 0 Å².